The number of benzene rings is 1. The predicted octanol–water partition coefficient (Wildman–Crippen LogP) is 2.18. The molecule has 0 saturated carbocycles. The topological polar surface area (TPSA) is 86.6 Å². The molecular formula is C11H9F4NO4. The fourth-order valence-corrected chi connectivity index (χ4v) is 1.37. The highest BCUT2D eigenvalue weighted by Gasteiger charge is 2.31. The first-order chi connectivity index (χ1) is 9.11. The third-order valence-electron chi connectivity index (χ3n) is 2.30. The molecule has 1 aromatic rings. The first kappa shape index (κ1) is 15.7. The van der Waals surface area contributed by atoms with Crippen molar-refractivity contribution in [3.05, 3.63) is 29.6 Å². The summed E-state index contributed by atoms with van der Waals surface area (Å²) in [4.78, 5) is 21.2. The van der Waals surface area contributed by atoms with Gasteiger partial charge in [-0.3, -0.25) is 4.79 Å². The Balaban J connectivity index is 2.97. The van der Waals surface area contributed by atoms with Crippen molar-refractivity contribution in [2.45, 2.75) is 18.6 Å². The van der Waals surface area contributed by atoms with Gasteiger partial charge in [0.1, 0.15) is 11.9 Å². The number of hydrogen-bond acceptors (Lipinski definition) is 3. The van der Waals surface area contributed by atoms with Crippen LogP contribution in [-0.4, -0.2) is 28.2 Å². The summed E-state index contributed by atoms with van der Waals surface area (Å²) in [7, 11) is 0. The predicted molar refractivity (Wildman–Crippen MR) is 58.7 cm³/mol. The van der Waals surface area contributed by atoms with E-state index in [1.807, 2.05) is 5.32 Å². The van der Waals surface area contributed by atoms with Crippen molar-refractivity contribution < 1.29 is 37.4 Å². The van der Waals surface area contributed by atoms with E-state index in [0.717, 1.165) is 0 Å². The number of carboxylic acid groups (broad SMARTS) is 2. The molecule has 5 nitrogen and oxygen atoms in total. The van der Waals surface area contributed by atoms with Crippen LogP contribution in [0.15, 0.2) is 18.2 Å². The largest absolute Gasteiger partial charge is 0.481 e. The number of nitrogens with one attached hydrogen (secondary N) is 1. The number of carboxylic acids is 2. The highest BCUT2D eigenvalue weighted by atomic mass is 19.4. The fourth-order valence-electron chi connectivity index (χ4n) is 1.37. The third-order valence-corrected chi connectivity index (χ3v) is 2.30. The van der Waals surface area contributed by atoms with Gasteiger partial charge in [-0.05, 0) is 18.2 Å². The van der Waals surface area contributed by atoms with Crippen LogP contribution in [0, 0.1) is 5.82 Å². The Labute approximate surface area is 109 Å². The lowest BCUT2D eigenvalue weighted by Gasteiger charge is -2.15. The molecule has 0 amide bonds. The van der Waals surface area contributed by atoms with E-state index in [4.69, 9.17) is 10.2 Å². The Bertz CT molecular complexity index is 530. The second-order valence-corrected chi connectivity index (χ2v) is 3.83. The number of carbonyl (C=O) groups is 2. The Kier molecular flexibility index (Phi) is 4.53. The SMILES string of the molecule is O=C(O)CC(Nc1ccc(C(F)(F)F)cc1F)C(=O)O. The van der Waals surface area contributed by atoms with Crippen molar-refractivity contribution in [3.8, 4) is 0 Å². The number of anilines is 1. The second-order valence-electron chi connectivity index (χ2n) is 3.83. The standard InChI is InChI=1S/C11H9F4NO4/c12-6-3-5(11(13,14)15)1-2-7(6)16-8(10(19)20)4-9(17)18/h1-3,8,16H,4H2,(H,17,18)(H,19,20). The molecule has 0 saturated heterocycles. The molecule has 1 aromatic carbocycles. The van der Waals surface area contributed by atoms with Crippen molar-refractivity contribution >= 4 is 17.6 Å². The molecule has 110 valence electrons. The lowest BCUT2D eigenvalue weighted by Crippen LogP contribution is -2.32. The molecular weight excluding hydrogens is 286 g/mol. The minimum atomic E-state index is -4.73. The van der Waals surface area contributed by atoms with Gasteiger partial charge in [0, 0.05) is 0 Å². The number of aliphatic carboxylic acids is 2. The van der Waals surface area contributed by atoms with Gasteiger partial charge in [-0.1, -0.05) is 0 Å². The van der Waals surface area contributed by atoms with E-state index in [9.17, 15) is 27.2 Å². The molecule has 0 aliphatic carbocycles. The summed E-state index contributed by atoms with van der Waals surface area (Å²) in [5.41, 5.74) is -1.75. The summed E-state index contributed by atoms with van der Waals surface area (Å²) in [6.07, 6.45) is -5.58. The van der Waals surface area contributed by atoms with E-state index in [-0.39, 0.29) is 6.07 Å². The van der Waals surface area contributed by atoms with Crippen molar-refractivity contribution in [3.63, 3.8) is 0 Å². The number of halogens is 4. The summed E-state index contributed by atoms with van der Waals surface area (Å²) >= 11 is 0. The van der Waals surface area contributed by atoms with E-state index in [1.54, 1.807) is 0 Å². The van der Waals surface area contributed by atoms with E-state index < -0.39 is 47.6 Å². The van der Waals surface area contributed by atoms with Crippen molar-refractivity contribution in [1.82, 2.24) is 0 Å². The van der Waals surface area contributed by atoms with E-state index in [1.165, 1.54) is 0 Å². The minimum Gasteiger partial charge on any atom is -0.481 e. The summed E-state index contributed by atoms with van der Waals surface area (Å²) in [5, 5.41) is 19.2. The van der Waals surface area contributed by atoms with Gasteiger partial charge in [0.05, 0.1) is 17.7 Å². The van der Waals surface area contributed by atoms with Crippen LogP contribution in [0.25, 0.3) is 0 Å². The third kappa shape index (κ3) is 4.11. The Morgan fingerprint density at radius 1 is 1.25 bits per heavy atom. The van der Waals surface area contributed by atoms with Crippen LogP contribution >= 0.6 is 0 Å². The molecule has 0 fully saturated rings. The molecule has 0 heterocycles. The van der Waals surface area contributed by atoms with Crippen LogP contribution in [0.4, 0.5) is 23.2 Å². The zero-order valence-electron chi connectivity index (χ0n) is 9.74. The maximum Gasteiger partial charge on any atom is 0.416 e. The first-order valence-corrected chi connectivity index (χ1v) is 5.19. The van der Waals surface area contributed by atoms with Crippen LogP contribution in [-0.2, 0) is 15.8 Å². The quantitative estimate of drug-likeness (QED) is 0.725. The monoisotopic (exact) mass is 295 g/mol. The smallest absolute Gasteiger partial charge is 0.416 e. The van der Waals surface area contributed by atoms with Crippen LogP contribution in [0.5, 0.6) is 0 Å². The maximum absolute atomic E-state index is 13.4. The van der Waals surface area contributed by atoms with Crippen LogP contribution in [0.1, 0.15) is 12.0 Å². The highest BCUT2D eigenvalue weighted by molar-refractivity contribution is 5.83. The van der Waals surface area contributed by atoms with E-state index in [2.05, 4.69) is 0 Å². The number of alkyl halides is 3. The summed E-state index contributed by atoms with van der Waals surface area (Å²) in [6, 6.07) is -0.193. The average molecular weight is 295 g/mol. The number of hydrogen-bond donors (Lipinski definition) is 3. The zero-order valence-corrected chi connectivity index (χ0v) is 9.74. The molecule has 3 N–H and O–H groups in total. The summed E-state index contributed by atoms with van der Waals surface area (Å²) in [6.45, 7) is 0. The van der Waals surface area contributed by atoms with E-state index in [0.29, 0.717) is 12.1 Å². The van der Waals surface area contributed by atoms with Gasteiger partial charge in [0.2, 0.25) is 0 Å². The summed E-state index contributed by atoms with van der Waals surface area (Å²) in [5.74, 6) is -4.33. The Hall–Kier alpha value is -2.32. The molecule has 0 aromatic heterocycles. The first-order valence-electron chi connectivity index (χ1n) is 5.19. The average Bonchev–Trinajstić information content (AvgIpc) is 2.28. The Morgan fingerprint density at radius 2 is 1.85 bits per heavy atom. The second kappa shape index (κ2) is 5.76. The normalized spacial score (nSPS) is 12.8. The molecule has 1 rings (SSSR count). The zero-order chi connectivity index (χ0) is 15.5. The molecule has 1 atom stereocenters. The molecule has 0 spiro atoms. The Morgan fingerprint density at radius 3 is 2.25 bits per heavy atom. The van der Waals surface area contributed by atoms with Crippen LogP contribution in [0.3, 0.4) is 0 Å². The fraction of sp³-hybridized carbons (Fsp3) is 0.273. The van der Waals surface area contributed by atoms with Gasteiger partial charge in [-0.25, -0.2) is 9.18 Å². The molecule has 0 bridgehead atoms. The maximum atomic E-state index is 13.4. The minimum absolute atomic E-state index is 0.196. The van der Waals surface area contributed by atoms with Crippen LogP contribution in [0.2, 0.25) is 0 Å². The van der Waals surface area contributed by atoms with Gasteiger partial charge >= 0.3 is 18.1 Å². The van der Waals surface area contributed by atoms with Gasteiger partial charge in [0.15, 0.2) is 0 Å². The van der Waals surface area contributed by atoms with Crippen LogP contribution < -0.4 is 5.32 Å². The van der Waals surface area contributed by atoms with Gasteiger partial charge in [-0.2, -0.15) is 13.2 Å². The highest BCUT2D eigenvalue weighted by Crippen LogP contribution is 2.31. The summed E-state index contributed by atoms with van der Waals surface area (Å²) < 4.78 is 50.3. The van der Waals surface area contributed by atoms with Gasteiger partial charge < -0.3 is 15.5 Å². The van der Waals surface area contributed by atoms with E-state index >= 15 is 0 Å². The lowest BCUT2D eigenvalue weighted by molar-refractivity contribution is -0.144. The molecule has 0 aliphatic heterocycles. The number of rotatable bonds is 5. The van der Waals surface area contributed by atoms with Gasteiger partial charge in [-0.15, -0.1) is 0 Å². The molecule has 1 unspecified atom stereocenters. The molecule has 0 radical (unpaired) electrons. The molecule has 9 heteroatoms. The lowest BCUT2D eigenvalue weighted by atomic mass is 10.1. The van der Waals surface area contributed by atoms with Gasteiger partial charge in [0.25, 0.3) is 0 Å². The van der Waals surface area contributed by atoms with Crippen molar-refractivity contribution in [2.75, 3.05) is 5.32 Å². The van der Waals surface area contributed by atoms with Crippen molar-refractivity contribution in [1.29, 1.82) is 0 Å². The molecule has 20 heavy (non-hydrogen) atoms. The molecule has 0 aliphatic rings. The van der Waals surface area contributed by atoms with Crippen molar-refractivity contribution in [2.24, 2.45) is 0 Å².